The number of halogens is 1. The zero-order valence-electron chi connectivity index (χ0n) is 19.8. The first kappa shape index (κ1) is 26.0. The number of aryl methyl sites for hydroxylation is 2. The lowest BCUT2D eigenvalue weighted by Crippen LogP contribution is -2.52. The molecule has 1 saturated heterocycles. The van der Waals surface area contributed by atoms with Gasteiger partial charge in [-0.15, -0.1) is 24.0 Å². The van der Waals surface area contributed by atoms with E-state index in [4.69, 9.17) is 0 Å². The van der Waals surface area contributed by atoms with Crippen LogP contribution in [0.25, 0.3) is 0 Å². The van der Waals surface area contributed by atoms with Gasteiger partial charge < -0.3 is 20.4 Å². The molecule has 0 bridgehead atoms. The number of hydrogen-bond donors (Lipinski definition) is 2. The summed E-state index contributed by atoms with van der Waals surface area (Å²) < 4.78 is 1.92. The van der Waals surface area contributed by atoms with Crippen molar-refractivity contribution in [2.24, 2.45) is 12.0 Å². The summed E-state index contributed by atoms with van der Waals surface area (Å²) >= 11 is 0. The highest BCUT2D eigenvalue weighted by molar-refractivity contribution is 14.0. The molecule has 8 nitrogen and oxygen atoms in total. The van der Waals surface area contributed by atoms with Gasteiger partial charge in [0.1, 0.15) is 0 Å². The number of hydrogen-bond acceptors (Lipinski definition) is 4. The van der Waals surface area contributed by atoms with Crippen molar-refractivity contribution in [1.82, 2.24) is 25.3 Å². The number of amides is 1. The van der Waals surface area contributed by atoms with Crippen LogP contribution in [0.3, 0.4) is 0 Å². The van der Waals surface area contributed by atoms with E-state index in [1.807, 2.05) is 41.8 Å². The maximum absolute atomic E-state index is 12.7. The van der Waals surface area contributed by atoms with E-state index in [0.29, 0.717) is 5.96 Å². The molecule has 0 radical (unpaired) electrons. The van der Waals surface area contributed by atoms with Crippen LogP contribution in [0.5, 0.6) is 0 Å². The Bertz CT molecular complexity index is 905. The Balaban J connectivity index is 0.00000363. The van der Waals surface area contributed by atoms with Crippen LogP contribution in [0.15, 0.2) is 35.3 Å². The number of rotatable bonds is 6. The monoisotopic (exact) mass is 553 g/mol. The number of nitrogens with zero attached hydrogens (tertiary/aromatic N) is 5. The lowest BCUT2D eigenvalue weighted by Gasteiger charge is -2.36. The highest BCUT2D eigenvalue weighted by atomic mass is 127. The van der Waals surface area contributed by atoms with Crippen LogP contribution in [0, 0.1) is 13.8 Å². The van der Waals surface area contributed by atoms with E-state index < -0.39 is 0 Å². The van der Waals surface area contributed by atoms with Crippen molar-refractivity contribution in [2.45, 2.75) is 33.2 Å². The Hall–Kier alpha value is -2.30. The molecule has 1 aliphatic heterocycles. The average Bonchev–Trinajstić information content (AvgIpc) is 3.03. The number of benzene rings is 1. The number of aromatic nitrogens is 2. The van der Waals surface area contributed by atoms with Gasteiger partial charge in [-0.2, -0.15) is 5.10 Å². The fraction of sp³-hybridized carbons (Fsp3) is 0.522. The van der Waals surface area contributed by atoms with Gasteiger partial charge in [0, 0.05) is 57.7 Å². The van der Waals surface area contributed by atoms with E-state index in [1.165, 1.54) is 16.9 Å². The predicted molar refractivity (Wildman–Crippen MR) is 141 cm³/mol. The number of piperazine rings is 1. The van der Waals surface area contributed by atoms with Crippen molar-refractivity contribution < 1.29 is 4.79 Å². The van der Waals surface area contributed by atoms with Crippen molar-refractivity contribution in [3.63, 3.8) is 0 Å². The standard InChI is InChI=1S/C23H35N7O.HI/c1-17(15-21-18(2)27-28(5)19(21)3)26-23(24-4)25-16-22(31)30-13-11-29(12-14-30)20-9-7-6-8-10-20;/h6-10,17H,11-16H2,1-5H3,(H2,24,25,26);1H. The number of aliphatic imine (C=N–C) groups is 1. The lowest BCUT2D eigenvalue weighted by atomic mass is 10.1. The van der Waals surface area contributed by atoms with Gasteiger partial charge in [-0.25, -0.2) is 0 Å². The van der Waals surface area contributed by atoms with Crippen LogP contribution in [0.4, 0.5) is 5.69 Å². The van der Waals surface area contributed by atoms with Crippen LogP contribution in [-0.2, 0) is 18.3 Å². The summed E-state index contributed by atoms with van der Waals surface area (Å²) in [5.74, 6) is 0.741. The minimum absolute atomic E-state index is 0. The number of carbonyl (C=O) groups is 1. The van der Waals surface area contributed by atoms with E-state index in [2.05, 4.69) is 51.6 Å². The molecule has 0 spiro atoms. The first-order valence-corrected chi connectivity index (χ1v) is 10.9. The zero-order chi connectivity index (χ0) is 22.4. The van der Waals surface area contributed by atoms with Crippen LogP contribution >= 0.6 is 24.0 Å². The van der Waals surface area contributed by atoms with Crippen molar-refractivity contribution in [1.29, 1.82) is 0 Å². The second-order valence-electron chi connectivity index (χ2n) is 8.15. The molecule has 32 heavy (non-hydrogen) atoms. The summed E-state index contributed by atoms with van der Waals surface area (Å²) in [4.78, 5) is 21.2. The first-order chi connectivity index (χ1) is 14.9. The van der Waals surface area contributed by atoms with Crippen molar-refractivity contribution >= 4 is 41.5 Å². The molecule has 1 aromatic heterocycles. The molecule has 9 heteroatoms. The normalized spacial score (nSPS) is 15.2. The van der Waals surface area contributed by atoms with Gasteiger partial charge in [0.15, 0.2) is 5.96 Å². The largest absolute Gasteiger partial charge is 0.368 e. The molecule has 3 rings (SSSR count). The maximum Gasteiger partial charge on any atom is 0.242 e. The Labute approximate surface area is 208 Å². The molecule has 0 saturated carbocycles. The third-order valence-corrected chi connectivity index (χ3v) is 5.94. The SMILES string of the molecule is CN=C(NCC(=O)N1CCN(c2ccccc2)CC1)NC(C)Cc1c(C)nn(C)c1C.I. The van der Waals surface area contributed by atoms with Crippen LogP contribution < -0.4 is 15.5 Å². The number of anilines is 1. The molecule has 2 N–H and O–H groups in total. The third kappa shape index (κ3) is 6.60. The molecule has 1 amide bonds. The van der Waals surface area contributed by atoms with Gasteiger partial charge >= 0.3 is 0 Å². The zero-order valence-corrected chi connectivity index (χ0v) is 22.1. The molecule has 1 unspecified atom stereocenters. The molecular weight excluding hydrogens is 517 g/mol. The van der Waals surface area contributed by atoms with Crippen molar-refractivity contribution in [2.75, 3.05) is 44.7 Å². The highest BCUT2D eigenvalue weighted by Gasteiger charge is 2.21. The summed E-state index contributed by atoms with van der Waals surface area (Å²) in [5, 5.41) is 11.1. The lowest BCUT2D eigenvalue weighted by molar-refractivity contribution is -0.130. The topological polar surface area (TPSA) is 77.8 Å². The Kier molecular flexibility index (Phi) is 9.80. The summed E-state index contributed by atoms with van der Waals surface area (Å²) in [7, 11) is 3.70. The molecular formula is C23H36IN7O. The van der Waals surface area contributed by atoms with Gasteiger partial charge in [0.05, 0.1) is 12.2 Å². The summed E-state index contributed by atoms with van der Waals surface area (Å²) in [6.07, 6.45) is 0.849. The summed E-state index contributed by atoms with van der Waals surface area (Å²) in [5.41, 5.74) is 4.70. The first-order valence-electron chi connectivity index (χ1n) is 10.9. The molecule has 0 aliphatic carbocycles. The number of para-hydroxylation sites is 1. The van der Waals surface area contributed by atoms with E-state index in [1.54, 1.807) is 7.05 Å². The molecule has 2 heterocycles. The van der Waals surface area contributed by atoms with Crippen LogP contribution in [0.1, 0.15) is 23.9 Å². The minimum Gasteiger partial charge on any atom is -0.368 e. The minimum atomic E-state index is 0. The fourth-order valence-corrected chi connectivity index (χ4v) is 4.02. The second-order valence-corrected chi connectivity index (χ2v) is 8.15. The van der Waals surface area contributed by atoms with Gasteiger partial charge in [-0.05, 0) is 44.9 Å². The summed E-state index contributed by atoms with van der Waals surface area (Å²) in [6, 6.07) is 10.5. The maximum atomic E-state index is 12.7. The Morgan fingerprint density at radius 3 is 2.38 bits per heavy atom. The third-order valence-electron chi connectivity index (χ3n) is 5.94. The van der Waals surface area contributed by atoms with E-state index >= 15 is 0 Å². The Morgan fingerprint density at radius 1 is 1.16 bits per heavy atom. The van der Waals surface area contributed by atoms with Gasteiger partial charge in [0.25, 0.3) is 0 Å². The highest BCUT2D eigenvalue weighted by Crippen LogP contribution is 2.16. The molecule has 176 valence electrons. The van der Waals surface area contributed by atoms with Crippen LogP contribution in [-0.4, -0.2) is 72.4 Å². The van der Waals surface area contributed by atoms with Crippen molar-refractivity contribution in [3.8, 4) is 0 Å². The van der Waals surface area contributed by atoms with Gasteiger partial charge in [0.2, 0.25) is 5.91 Å². The number of nitrogens with one attached hydrogen (secondary N) is 2. The quantitative estimate of drug-likeness (QED) is 0.326. The molecule has 1 fully saturated rings. The van der Waals surface area contributed by atoms with Crippen molar-refractivity contribution in [3.05, 3.63) is 47.3 Å². The average molecular weight is 553 g/mol. The fourth-order valence-electron chi connectivity index (χ4n) is 4.02. The second kappa shape index (κ2) is 12.1. The van der Waals surface area contributed by atoms with Gasteiger partial charge in [-0.3, -0.25) is 14.5 Å². The number of guanidine groups is 1. The number of carbonyl (C=O) groups excluding carboxylic acids is 1. The molecule has 2 aromatic rings. The van der Waals surface area contributed by atoms with Gasteiger partial charge in [-0.1, -0.05) is 18.2 Å². The van der Waals surface area contributed by atoms with Crippen LogP contribution in [0.2, 0.25) is 0 Å². The molecule has 1 aromatic carbocycles. The summed E-state index contributed by atoms with van der Waals surface area (Å²) in [6.45, 7) is 9.65. The van der Waals surface area contributed by atoms with E-state index in [0.717, 1.165) is 38.3 Å². The molecule has 1 atom stereocenters. The Morgan fingerprint density at radius 2 is 1.81 bits per heavy atom. The van der Waals surface area contributed by atoms with E-state index in [9.17, 15) is 4.79 Å². The smallest absolute Gasteiger partial charge is 0.242 e. The predicted octanol–water partition coefficient (Wildman–Crippen LogP) is 2.10. The molecule has 1 aliphatic rings. The van der Waals surface area contributed by atoms with E-state index in [-0.39, 0.29) is 42.5 Å².